The minimum atomic E-state index is -3.97. The molecule has 3 N–H and O–H groups in total. The third-order valence-corrected chi connectivity index (χ3v) is 5.53. The Kier molecular flexibility index (Phi) is 8.83. The fourth-order valence-corrected chi connectivity index (χ4v) is 4.13. The quantitative estimate of drug-likeness (QED) is 0.646. The standard InChI is InChI=1S/C11H20N4.C6H13NO3S/c1-14-9-5-12-11(14)13-6-10-15-7-3-2-4-8-15;8-11(9,10)7-6-4-2-1-3-5-6/h5,9H,2-4,6-8,10H2,1H3,(H,12,13);6-7H,1-5H2,(H,8,9,10). The molecule has 2 heterocycles. The number of piperidine rings is 1. The third-order valence-electron chi connectivity index (χ3n) is 4.90. The number of hydrogen-bond donors (Lipinski definition) is 3. The topological polar surface area (TPSA) is 99.5 Å². The van der Waals surface area contributed by atoms with Crippen molar-refractivity contribution in [2.24, 2.45) is 7.05 Å². The number of anilines is 1. The zero-order valence-corrected chi connectivity index (χ0v) is 16.5. The maximum absolute atomic E-state index is 10.3. The highest BCUT2D eigenvalue weighted by atomic mass is 32.2. The molecule has 2 aliphatic rings. The molecule has 0 spiro atoms. The van der Waals surface area contributed by atoms with Crippen molar-refractivity contribution in [1.29, 1.82) is 0 Å². The van der Waals surface area contributed by atoms with E-state index in [0.29, 0.717) is 0 Å². The fraction of sp³-hybridized carbons (Fsp3) is 0.824. The van der Waals surface area contributed by atoms with E-state index in [4.69, 9.17) is 4.55 Å². The maximum atomic E-state index is 10.3. The molecule has 0 radical (unpaired) electrons. The van der Waals surface area contributed by atoms with Gasteiger partial charge in [0.15, 0.2) is 0 Å². The molecule has 1 aromatic rings. The molecule has 1 aliphatic carbocycles. The fourth-order valence-electron chi connectivity index (χ4n) is 3.48. The van der Waals surface area contributed by atoms with Crippen LogP contribution in [0.1, 0.15) is 51.4 Å². The number of imidazole rings is 1. The third kappa shape index (κ3) is 8.48. The lowest BCUT2D eigenvalue weighted by Gasteiger charge is -2.26. The van der Waals surface area contributed by atoms with Crippen LogP contribution in [0.4, 0.5) is 5.95 Å². The first kappa shape index (κ1) is 21.1. The highest BCUT2D eigenvalue weighted by Crippen LogP contribution is 2.17. The van der Waals surface area contributed by atoms with Crippen molar-refractivity contribution in [3.63, 3.8) is 0 Å². The van der Waals surface area contributed by atoms with Gasteiger partial charge in [-0.05, 0) is 38.8 Å². The van der Waals surface area contributed by atoms with Gasteiger partial charge < -0.3 is 14.8 Å². The minimum Gasteiger partial charge on any atom is -0.354 e. The van der Waals surface area contributed by atoms with E-state index in [9.17, 15) is 8.42 Å². The molecule has 2 fully saturated rings. The number of aryl methyl sites for hydroxylation is 1. The summed E-state index contributed by atoms with van der Waals surface area (Å²) in [7, 11) is -1.96. The molecule has 9 heteroatoms. The van der Waals surface area contributed by atoms with E-state index in [-0.39, 0.29) is 6.04 Å². The number of rotatable bonds is 6. The lowest BCUT2D eigenvalue weighted by atomic mass is 9.96. The molecule has 1 saturated heterocycles. The number of nitrogens with zero attached hydrogens (tertiary/aromatic N) is 3. The first-order chi connectivity index (χ1) is 12.4. The van der Waals surface area contributed by atoms with Gasteiger partial charge in [0.2, 0.25) is 5.95 Å². The zero-order chi connectivity index (χ0) is 18.8. The van der Waals surface area contributed by atoms with Gasteiger partial charge >= 0.3 is 10.3 Å². The first-order valence-corrected chi connectivity index (χ1v) is 11.1. The Morgan fingerprint density at radius 2 is 1.81 bits per heavy atom. The van der Waals surface area contributed by atoms with Gasteiger partial charge in [0.05, 0.1) is 0 Å². The average molecular weight is 388 g/mol. The van der Waals surface area contributed by atoms with Crippen LogP contribution in [-0.2, 0) is 17.4 Å². The van der Waals surface area contributed by atoms with Crippen molar-refractivity contribution in [2.75, 3.05) is 31.5 Å². The zero-order valence-electron chi connectivity index (χ0n) is 15.7. The summed E-state index contributed by atoms with van der Waals surface area (Å²) >= 11 is 0. The summed E-state index contributed by atoms with van der Waals surface area (Å²) in [6.45, 7) is 4.65. The molecular weight excluding hydrogens is 354 g/mol. The van der Waals surface area contributed by atoms with Crippen LogP contribution in [0.25, 0.3) is 0 Å². The largest absolute Gasteiger partial charge is 0.354 e. The van der Waals surface area contributed by atoms with Gasteiger partial charge in [0, 0.05) is 38.6 Å². The molecule has 3 rings (SSSR count). The molecule has 0 bridgehead atoms. The highest BCUT2D eigenvalue weighted by Gasteiger charge is 2.17. The molecule has 0 amide bonds. The summed E-state index contributed by atoms with van der Waals surface area (Å²) in [6.07, 6.45) is 12.9. The molecule has 1 aliphatic heterocycles. The Morgan fingerprint density at radius 1 is 1.15 bits per heavy atom. The van der Waals surface area contributed by atoms with Crippen LogP contribution in [0.3, 0.4) is 0 Å². The van der Waals surface area contributed by atoms with Gasteiger partial charge in [0.1, 0.15) is 0 Å². The number of aromatic nitrogens is 2. The van der Waals surface area contributed by atoms with Gasteiger partial charge in [-0.3, -0.25) is 4.55 Å². The molecular formula is C17H33N5O3S. The van der Waals surface area contributed by atoms with E-state index in [1.165, 1.54) is 38.8 Å². The highest BCUT2D eigenvalue weighted by molar-refractivity contribution is 7.83. The predicted octanol–water partition coefficient (Wildman–Crippen LogP) is 2.03. The predicted molar refractivity (Wildman–Crippen MR) is 104 cm³/mol. The monoisotopic (exact) mass is 387 g/mol. The molecule has 1 aromatic heterocycles. The van der Waals surface area contributed by atoms with Crippen LogP contribution in [0, 0.1) is 0 Å². The minimum absolute atomic E-state index is 0.0428. The van der Waals surface area contributed by atoms with E-state index >= 15 is 0 Å². The van der Waals surface area contributed by atoms with Crippen molar-refractivity contribution in [2.45, 2.75) is 57.4 Å². The summed E-state index contributed by atoms with van der Waals surface area (Å²) < 4.78 is 33.3. The second kappa shape index (κ2) is 10.9. The smallest absolute Gasteiger partial charge is 0.333 e. The van der Waals surface area contributed by atoms with E-state index < -0.39 is 10.3 Å². The summed E-state index contributed by atoms with van der Waals surface area (Å²) in [4.78, 5) is 6.76. The maximum Gasteiger partial charge on any atom is 0.333 e. The van der Waals surface area contributed by atoms with Crippen molar-refractivity contribution < 1.29 is 13.0 Å². The van der Waals surface area contributed by atoms with Gasteiger partial charge in [-0.2, -0.15) is 13.1 Å². The van der Waals surface area contributed by atoms with Crippen LogP contribution >= 0.6 is 0 Å². The van der Waals surface area contributed by atoms with Crippen molar-refractivity contribution >= 4 is 16.3 Å². The Balaban J connectivity index is 0.000000197. The Labute approximate surface area is 157 Å². The van der Waals surface area contributed by atoms with Crippen LogP contribution in [-0.4, -0.2) is 59.6 Å². The van der Waals surface area contributed by atoms with E-state index in [0.717, 1.165) is 44.7 Å². The molecule has 0 atom stereocenters. The molecule has 150 valence electrons. The second-order valence-corrected chi connectivity index (χ2v) is 8.30. The molecule has 0 aromatic carbocycles. The average Bonchev–Trinajstić information content (AvgIpc) is 3.01. The summed E-state index contributed by atoms with van der Waals surface area (Å²) in [5.74, 6) is 0.965. The van der Waals surface area contributed by atoms with Gasteiger partial charge in [0.25, 0.3) is 0 Å². The lowest BCUT2D eigenvalue weighted by Crippen LogP contribution is -2.35. The van der Waals surface area contributed by atoms with E-state index in [1.807, 2.05) is 24.0 Å². The van der Waals surface area contributed by atoms with Gasteiger partial charge in [-0.15, -0.1) is 0 Å². The van der Waals surface area contributed by atoms with Gasteiger partial charge in [-0.1, -0.05) is 25.7 Å². The molecule has 26 heavy (non-hydrogen) atoms. The van der Waals surface area contributed by atoms with Crippen molar-refractivity contribution in [3.05, 3.63) is 12.4 Å². The molecule has 1 saturated carbocycles. The normalized spacial score (nSPS) is 19.6. The second-order valence-electron chi connectivity index (χ2n) is 7.12. The molecule has 0 unspecified atom stereocenters. The van der Waals surface area contributed by atoms with Crippen LogP contribution < -0.4 is 10.0 Å². The Morgan fingerprint density at radius 3 is 2.38 bits per heavy atom. The van der Waals surface area contributed by atoms with E-state index in [2.05, 4.69) is 19.9 Å². The Bertz CT molecular complexity index is 608. The summed E-state index contributed by atoms with van der Waals surface area (Å²) in [6, 6.07) is -0.0428. The summed E-state index contributed by atoms with van der Waals surface area (Å²) in [5, 5.41) is 3.35. The summed E-state index contributed by atoms with van der Waals surface area (Å²) in [5.41, 5.74) is 0. The number of likely N-dealkylation sites (tertiary alicyclic amines) is 1. The van der Waals surface area contributed by atoms with Crippen LogP contribution in [0.5, 0.6) is 0 Å². The SMILES string of the molecule is Cn1ccnc1NCCN1CCCCC1.O=S(=O)(O)NC1CCCCC1. The van der Waals surface area contributed by atoms with Crippen molar-refractivity contribution in [3.8, 4) is 0 Å². The van der Waals surface area contributed by atoms with Gasteiger partial charge in [-0.25, -0.2) is 4.98 Å². The first-order valence-electron chi connectivity index (χ1n) is 9.62. The lowest BCUT2D eigenvalue weighted by molar-refractivity contribution is 0.237. The van der Waals surface area contributed by atoms with Crippen molar-refractivity contribution in [1.82, 2.24) is 19.2 Å². The Hall–Kier alpha value is -1.16. The molecule has 8 nitrogen and oxygen atoms in total. The number of hydrogen-bond acceptors (Lipinski definition) is 5. The van der Waals surface area contributed by atoms with Crippen LogP contribution in [0.15, 0.2) is 12.4 Å². The van der Waals surface area contributed by atoms with E-state index in [1.54, 1.807) is 0 Å². The van der Waals surface area contributed by atoms with Crippen LogP contribution in [0.2, 0.25) is 0 Å². The number of nitrogens with one attached hydrogen (secondary N) is 2.